The molecule has 3 aromatic rings. The molecule has 1 amide bonds. The van der Waals surface area contributed by atoms with Crippen molar-refractivity contribution in [3.05, 3.63) is 48.0 Å². The first-order valence-electron chi connectivity index (χ1n) is 10.9. The van der Waals surface area contributed by atoms with Gasteiger partial charge in [0.15, 0.2) is 5.58 Å². The summed E-state index contributed by atoms with van der Waals surface area (Å²) in [6, 6.07) is 13.7. The topological polar surface area (TPSA) is 88.8 Å². The van der Waals surface area contributed by atoms with E-state index in [0.717, 1.165) is 60.6 Å². The van der Waals surface area contributed by atoms with Crippen LogP contribution in [-0.2, 0) is 4.79 Å². The largest absolute Gasteiger partial charge is 0.493 e. The van der Waals surface area contributed by atoms with Crippen LogP contribution in [0.5, 0.6) is 5.75 Å². The van der Waals surface area contributed by atoms with Crippen molar-refractivity contribution in [3.8, 4) is 17.2 Å². The Kier molecular flexibility index (Phi) is 6.77. The standard InChI is InChI=1S/C24H26N4O3.ClH/c1-15-11-22(29)27-28-23(15)17-5-6-20-21(13-17)31-24(26-20)18-3-2-4-19(12-18)30-14-16-7-9-25-10-8-16;/h2-6,12-13,15-16,25H,7-11,14H2,1H3,(H,27,29);1H. The van der Waals surface area contributed by atoms with Crippen LogP contribution >= 0.6 is 12.4 Å². The third-order valence-corrected chi connectivity index (χ3v) is 5.97. The summed E-state index contributed by atoms with van der Waals surface area (Å²) in [4.78, 5) is 16.2. The van der Waals surface area contributed by atoms with Gasteiger partial charge in [-0.2, -0.15) is 5.10 Å². The van der Waals surface area contributed by atoms with Gasteiger partial charge in [-0.3, -0.25) is 4.79 Å². The highest BCUT2D eigenvalue weighted by molar-refractivity contribution is 6.07. The van der Waals surface area contributed by atoms with Gasteiger partial charge in [-0.15, -0.1) is 12.4 Å². The average Bonchev–Trinajstić information content (AvgIpc) is 3.22. The first-order valence-corrected chi connectivity index (χ1v) is 10.9. The Morgan fingerprint density at radius 3 is 2.78 bits per heavy atom. The summed E-state index contributed by atoms with van der Waals surface area (Å²) < 4.78 is 12.1. The highest BCUT2D eigenvalue weighted by Gasteiger charge is 2.22. The molecule has 5 rings (SSSR count). The van der Waals surface area contributed by atoms with Crippen LogP contribution in [-0.4, -0.2) is 36.3 Å². The van der Waals surface area contributed by atoms with E-state index in [2.05, 4.69) is 20.8 Å². The summed E-state index contributed by atoms with van der Waals surface area (Å²) in [7, 11) is 0. The fourth-order valence-electron chi connectivity index (χ4n) is 4.19. The van der Waals surface area contributed by atoms with E-state index in [1.807, 2.05) is 49.4 Å². The van der Waals surface area contributed by atoms with Crippen LogP contribution in [0, 0.1) is 11.8 Å². The zero-order valence-corrected chi connectivity index (χ0v) is 18.8. The summed E-state index contributed by atoms with van der Waals surface area (Å²) in [6.45, 7) is 4.87. The Morgan fingerprint density at radius 1 is 1.12 bits per heavy atom. The van der Waals surface area contributed by atoms with Gasteiger partial charge in [0.25, 0.3) is 0 Å². The molecule has 0 bridgehead atoms. The van der Waals surface area contributed by atoms with E-state index in [1.165, 1.54) is 0 Å². The van der Waals surface area contributed by atoms with E-state index in [9.17, 15) is 4.79 Å². The van der Waals surface area contributed by atoms with Gasteiger partial charge in [-0.25, -0.2) is 10.4 Å². The number of hydrazone groups is 1. The third-order valence-electron chi connectivity index (χ3n) is 5.97. The summed E-state index contributed by atoms with van der Waals surface area (Å²) in [5.41, 5.74) is 6.72. The first-order chi connectivity index (χ1) is 15.2. The number of nitrogens with zero attached hydrogens (tertiary/aromatic N) is 2. The minimum Gasteiger partial charge on any atom is -0.493 e. The Labute approximate surface area is 193 Å². The third kappa shape index (κ3) is 4.79. The van der Waals surface area contributed by atoms with Crippen LogP contribution in [0.25, 0.3) is 22.6 Å². The number of nitrogens with one attached hydrogen (secondary N) is 2. The van der Waals surface area contributed by atoms with Crippen LogP contribution in [0.2, 0.25) is 0 Å². The summed E-state index contributed by atoms with van der Waals surface area (Å²) in [5, 5.41) is 7.62. The lowest BCUT2D eigenvalue weighted by atomic mass is 9.94. The number of rotatable bonds is 5. The monoisotopic (exact) mass is 454 g/mol. The van der Waals surface area contributed by atoms with E-state index in [0.29, 0.717) is 23.8 Å². The number of hydrogen-bond donors (Lipinski definition) is 2. The molecule has 1 aromatic heterocycles. The maximum absolute atomic E-state index is 11.5. The van der Waals surface area contributed by atoms with Crippen molar-refractivity contribution in [1.82, 2.24) is 15.7 Å². The number of oxazole rings is 1. The zero-order chi connectivity index (χ0) is 21.2. The van der Waals surface area contributed by atoms with Gasteiger partial charge in [-0.05, 0) is 62.2 Å². The number of benzene rings is 2. The van der Waals surface area contributed by atoms with Crippen LogP contribution in [0.15, 0.2) is 52.0 Å². The maximum atomic E-state index is 11.5. The number of carbonyl (C=O) groups excluding carboxylic acids is 1. The predicted octanol–water partition coefficient (Wildman–Crippen LogP) is 4.16. The molecule has 1 fully saturated rings. The molecule has 2 N–H and O–H groups in total. The van der Waals surface area contributed by atoms with E-state index < -0.39 is 0 Å². The fraction of sp³-hybridized carbons (Fsp3) is 0.375. The van der Waals surface area contributed by atoms with E-state index in [-0.39, 0.29) is 24.2 Å². The smallest absolute Gasteiger partial charge is 0.240 e. The number of ether oxygens (including phenoxy) is 1. The molecule has 0 saturated carbocycles. The number of carbonyl (C=O) groups is 1. The average molecular weight is 455 g/mol. The molecular formula is C24H27ClN4O3. The van der Waals surface area contributed by atoms with Crippen molar-refractivity contribution in [3.63, 3.8) is 0 Å². The number of amides is 1. The van der Waals surface area contributed by atoms with Crippen molar-refractivity contribution in [2.75, 3.05) is 19.7 Å². The molecule has 32 heavy (non-hydrogen) atoms. The number of piperidine rings is 1. The Balaban J connectivity index is 0.00000245. The lowest BCUT2D eigenvalue weighted by Crippen LogP contribution is -2.31. The second kappa shape index (κ2) is 9.71. The van der Waals surface area contributed by atoms with Gasteiger partial charge in [0, 0.05) is 23.5 Å². The zero-order valence-electron chi connectivity index (χ0n) is 18.0. The Hall–Kier alpha value is -2.90. The van der Waals surface area contributed by atoms with Crippen molar-refractivity contribution < 1.29 is 13.9 Å². The fourth-order valence-corrected chi connectivity index (χ4v) is 4.19. The molecule has 2 aliphatic heterocycles. The lowest BCUT2D eigenvalue weighted by Gasteiger charge is -2.22. The van der Waals surface area contributed by atoms with Gasteiger partial charge in [0.05, 0.1) is 12.3 Å². The Bertz CT molecular complexity index is 1140. The minimum atomic E-state index is -0.0541. The van der Waals surface area contributed by atoms with E-state index in [1.54, 1.807) is 0 Å². The molecule has 1 unspecified atom stereocenters. The number of aromatic nitrogens is 1. The van der Waals surface area contributed by atoms with Gasteiger partial charge in [0.2, 0.25) is 11.8 Å². The summed E-state index contributed by atoms with van der Waals surface area (Å²) in [6.07, 6.45) is 2.74. The van der Waals surface area contributed by atoms with E-state index >= 15 is 0 Å². The molecule has 168 valence electrons. The lowest BCUT2D eigenvalue weighted by molar-refractivity contribution is -0.121. The van der Waals surface area contributed by atoms with Crippen molar-refractivity contribution in [2.45, 2.75) is 26.2 Å². The van der Waals surface area contributed by atoms with E-state index in [4.69, 9.17) is 9.15 Å². The highest BCUT2D eigenvalue weighted by Crippen LogP contribution is 2.29. The second-order valence-corrected chi connectivity index (χ2v) is 8.37. The maximum Gasteiger partial charge on any atom is 0.240 e. The molecule has 1 saturated heterocycles. The molecule has 3 heterocycles. The molecular weight excluding hydrogens is 428 g/mol. The molecule has 2 aromatic carbocycles. The normalized spacial score (nSPS) is 19.2. The molecule has 1 atom stereocenters. The van der Waals surface area contributed by atoms with Crippen LogP contribution in [0.4, 0.5) is 0 Å². The number of halogens is 1. The van der Waals surface area contributed by atoms with Gasteiger partial charge < -0.3 is 14.5 Å². The summed E-state index contributed by atoms with van der Waals surface area (Å²) in [5.74, 6) is 2.00. The molecule has 7 nitrogen and oxygen atoms in total. The number of fused-ring (bicyclic) bond motifs is 1. The molecule has 2 aliphatic rings. The first kappa shape index (κ1) is 22.3. The molecule has 0 spiro atoms. The quantitative estimate of drug-likeness (QED) is 0.604. The molecule has 0 radical (unpaired) electrons. The van der Waals surface area contributed by atoms with Crippen molar-refractivity contribution in [1.29, 1.82) is 0 Å². The molecule has 8 heteroatoms. The molecule has 0 aliphatic carbocycles. The minimum absolute atomic E-state index is 0. The van der Waals surface area contributed by atoms with Gasteiger partial charge in [0.1, 0.15) is 11.3 Å². The number of hydrogen-bond acceptors (Lipinski definition) is 6. The predicted molar refractivity (Wildman–Crippen MR) is 126 cm³/mol. The van der Waals surface area contributed by atoms with Crippen molar-refractivity contribution in [2.24, 2.45) is 16.9 Å². The summed E-state index contributed by atoms with van der Waals surface area (Å²) >= 11 is 0. The second-order valence-electron chi connectivity index (χ2n) is 8.37. The van der Waals surface area contributed by atoms with Crippen LogP contribution in [0.1, 0.15) is 31.7 Å². The van der Waals surface area contributed by atoms with Crippen molar-refractivity contribution >= 4 is 35.1 Å². The SMILES string of the molecule is CC1CC(=O)NN=C1c1ccc2nc(-c3cccc(OCC4CCNCC4)c3)oc2c1.Cl. The highest BCUT2D eigenvalue weighted by atomic mass is 35.5. The van der Waals surface area contributed by atoms with Crippen LogP contribution < -0.4 is 15.5 Å². The Morgan fingerprint density at radius 2 is 1.97 bits per heavy atom. The van der Waals surface area contributed by atoms with Gasteiger partial charge >= 0.3 is 0 Å². The van der Waals surface area contributed by atoms with Gasteiger partial charge in [-0.1, -0.05) is 19.1 Å². The van der Waals surface area contributed by atoms with Crippen LogP contribution in [0.3, 0.4) is 0 Å².